The van der Waals surface area contributed by atoms with Gasteiger partial charge in [0.1, 0.15) is 19.3 Å². The maximum atomic E-state index is 12.7. The highest BCUT2D eigenvalue weighted by Gasteiger charge is 2.20. The van der Waals surface area contributed by atoms with Gasteiger partial charge in [0.15, 0.2) is 0 Å². The van der Waals surface area contributed by atoms with E-state index < -0.39 is 13.9 Å². The highest BCUT2D eigenvalue weighted by Crippen LogP contribution is 2.38. The zero-order valence-corrected chi connectivity index (χ0v) is 36.6. The molecule has 2 unspecified atom stereocenters. The molecule has 54 heavy (non-hydrogen) atoms. The number of likely N-dealkylation sites (N-methyl/N-ethyl adjacent to an activating group) is 1. The van der Waals surface area contributed by atoms with Gasteiger partial charge in [0.2, 0.25) is 0 Å². The Balaban J connectivity index is 4.25. The van der Waals surface area contributed by atoms with Gasteiger partial charge in [-0.1, -0.05) is 146 Å². The summed E-state index contributed by atoms with van der Waals surface area (Å²) in [5.41, 5.74) is 0. The maximum absolute atomic E-state index is 12.7. The van der Waals surface area contributed by atoms with Crippen molar-refractivity contribution < 1.29 is 37.3 Å². The first-order chi connectivity index (χ1) is 26.1. The summed E-state index contributed by atoms with van der Waals surface area (Å²) in [4.78, 5) is 25.0. The fraction of sp³-hybridized carbons (Fsp3) is 0.800. The molecule has 0 aliphatic carbocycles. The first kappa shape index (κ1) is 52.5. The summed E-state index contributed by atoms with van der Waals surface area (Å²) in [5, 5.41) is 0. The Morgan fingerprint density at radius 1 is 0.593 bits per heavy atom. The van der Waals surface area contributed by atoms with E-state index in [-0.39, 0.29) is 25.8 Å². The third kappa shape index (κ3) is 41.6. The van der Waals surface area contributed by atoms with Crippen LogP contribution < -0.4 is 4.89 Å². The number of nitrogens with zero attached hydrogens (tertiary/aromatic N) is 1. The van der Waals surface area contributed by atoms with E-state index in [1.807, 2.05) is 21.1 Å². The summed E-state index contributed by atoms with van der Waals surface area (Å²) in [6.45, 7) is 5.26. The molecule has 0 aromatic rings. The summed E-state index contributed by atoms with van der Waals surface area (Å²) in [6.07, 6.45) is 45.5. The minimum Gasteiger partial charge on any atom is -0.756 e. The summed E-state index contributed by atoms with van der Waals surface area (Å²) < 4.78 is 34.6. The summed E-state index contributed by atoms with van der Waals surface area (Å²) in [5.74, 6) is -0.347. The summed E-state index contributed by atoms with van der Waals surface area (Å²) in [6, 6.07) is 0. The maximum Gasteiger partial charge on any atom is 0.306 e. The van der Waals surface area contributed by atoms with E-state index in [9.17, 15) is 14.3 Å². The summed E-state index contributed by atoms with van der Waals surface area (Å²) in [7, 11) is 1.34. The zero-order chi connectivity index (χ0) is 39.9. The molecule has 0 aliphatic heterocycles. The number of hydrogen-bond acceptors (Lipinski definition) is 7. The topological polar surface area (TPSA) is 94.1 Å². The van der Waals surface area contributed by atoms with Crippen LogP contribution in [0.25, 0.3) is 0 Å². The van der Waals surface area contributed by atoms with Crippen LogP contribution in [0.2, 0.25) is 0 Å². The highest BCUT2D eigenvalue weighted by atomic mass is 31.2. The van der Waals surface area contributed by atoms with E-state index in [2.05, 4.69) is 62.5 Å². The number of phosphoric ester groups is 1. The quantitative estimate of drug-likeness (QED) is 0.0201. The molecule has 0 heterocycles. The second-order valence-electron chi connectivity index (χ2n) is 15.7. The van der Waals surface area contributed by atoms with Gasteiger partial charge >= 0.3 is 5.97 Å². The van der Waals surface area contributed by atoms with Crippen LogP contribution in [0.1, 0.15) is 174 Å². The van der Waals surface area contributed by atoms with Gasteiger partial charge in [-0.05, 0) is 70.6 Å². The molecule has 0 rings (SSSR count). The zero-order valence-electron chi connectivity index (χ0n) is 35.7. The Labute approximate surface area is 333 Å². The lowest BCUT2D eigenvalue weighted by atomic mass is 10.1. The number of unbranched alkanes of at least 4 members (excludes halogenated alkanes) is 18. The van der Waals surface area contributed by atoms with E-state index in [0.717, 1.165) is 70.6 Å². The molecule has 0 aliphatic rings. The van der Waals surface area contributed by atoms with Gasteiger partial charge in [-0.25, -0.2) is 0 Å². The van der Waals surface area contributed by atoms with Gasteiger partial charge in [0.05, 0.1) is 34.4 Å². The highest BCUT2D eigenvalue weighted by molar-refractivity contribution is 7.45. The number of esters is 1. The molecule has 2 atom stereocenters. The number of allylic oxidation sites excluding steroid dienone is 8. The van der Waals surface area contributed by atoms with Crippen LogP contribution in [0.5, 0.6) is 0 Å². The van der Waals surface area contributed by atoms with Gasteiger partial charge < -0.3 is 27.9 Å². The van der Waals surface area contributed by atoms with Crippen molar-refractivity contribution in [1.82, 2.24) is 0 Å². The van der Waals surface area contributed by atoms with Crippen LogP contribution in [0, 0.1) is 0 Å². The van der Waals surface area contributed by atoms with Crippen molar-refractivity contribution in [2.24, 2.45) is 0 Å². The summed E-state index contributed by atoms with van der Waals surface area (Å²) >= 11 is 0. The smallest absolute Gasteiger partial charge is 0.306 e. The van der Waals surface area contributed by atoms with E-state index >= 15 is 0 Å². The molecule has 316 valence electrons. The van der Waals surface area contributed by atoms with E-state index in [4.69, 9.17) is 18.5 Å². The number of rotatable bonds is 40. The minimum absolute atomic E-state index is 0.0216. The molecule has 0 N–H and O–H groups in total. The van der Waals surface area contributed by atoms with Gasteiger partial charge in [0, 0.05) is 13.0 Å². The molecule has 0 saturated carbocycles. The molecule has 9 heteroatoms. The fourth-order valence-electron chi connectivity index (χ4n) is 5.73. The number of carbonyl (C=O) groups is 1. The van der Waals surface area contributed by atoms with Gasteiger partial charge in [-0.15, -0.1) is 0 Å². The predicted octanol–water partition coefficient (Wildman–Crippen LogP) is 12.1. The van der Waals surface area contributed by atoms with Crippen LogP contribution in [0.3, 0.4) is 0 Å². The molecule has 0 radical (unpaired) electrons. The Kier molecular flexibility index (Phi) is 37.2. The molecule has 0 aromatic carbocycles. The number of ether oxygens (including phenoxy) is 2. The predicted molar refractivity (Wildman–Crippen MR) is 226 cm³/mol. The van der Waals surface area contributed by atoms with Crippen LogP contribution >= 0.6 is 7.82 Å². The SMILES string of the molecule is CC/C=C\C/C=C\C/C=C\CCCCCCCCCCOCC(COP(=O)([O-])OCC[N+](C)(C)C)OC(=O)CCCCCCC/C=C\CCCCCCC. The first-order valence-corrected chi connectivity index (χ1v) is 23.3. The number of carbonyl (C=O) groups excluding carboxylic acids is 1. The Morgan fingerprint density at radius 2 is 1.07 bits per heavy atom. The second kappa shape index (κ2) is 38.3. The van der Waals surface area contributed by atoms with Crippen molar-refractivity contribution in [3.8, 4) is 0 Å². The van der Waals surface area contributed by atoms with Crippen molar-refractivity contribution in [3.05, 3.63) is 48.6 Å². The largest absolute Gasteiger partial charge is 0.756 e. The first-order valence-electron chi connectivity index (χ1n) is 21.9. The number of quaternary nitrogens is 1. The molecule has 0 bridgehead atoms. The lowest BCUT2D eigenvalue weighted by molar-refractivity contribution is -0.870. The molecule has 8 nitrogen and oxygen atoms in total. The monoisotopic (exact) mass is 782 g/mol. The second-order valence-corrected chi connectivity index (χ2v) is 17.1. The normalized spacial score (nSPS) is 14.3. The van der Waals surface area contributed by atoms with E-state index in [1.54, 1.807) is 0 Å². The molecule has 0 fully saturated rings. The minimum atomic E-state index is -4.53. The number of phosphoric acid groups is 1. The Hall–Kier alpha value is -1.54. The van der Waals surface area contributed by atoms with Crippen LogP contribution in [0.15, 0.2) is 48.6 Å². The van der Waals surface area contributed by atoms with Crippen molar-refractivity contribution in [2.75, 3.05) is 54.1 Å². The fourth-order valence-corrected chi connectivity index (χ4v) is 6.46. The van der Waals surface area contributed by atoms with Crippen molar-refractivity contribution in [3.63, 3.8) is 0 Å². The van der Waals surface area contributed by atoms with Crippen LogP contribution in [-0.4, -0.2) is 70.7 Å². The lowest BCUT2D eigenvalue weighted by Gasteiger charge is -2.28. The van der Waals surface area contributed by atoms with Crippen molar-refractivity contribution >= 4 is 13.8 Å². The number of hydrogen-bond donors (Lipinski definition) is 0. The standard InChI is InChI=1S/C45H84NO7P/c1-6-8-10-12-14-16-18-20-22-23-24-25-27-29-31-33-35-37-40-50-42-44(43-52-54(48,49)51-41-39-46(3,4)5)53-45(47)38-36-34-32-30-28-26-21-19-17-15-13-11-9-7-2/h8,10,14,16,19-22,44H,6-7,9,11-13,15,17-18,23-43H2,1-5H3/b10-8-,16-14-,21-19-,22-20-. The molecule has 0 aromatic heterocycles. The van der Waals surface area contributed by atoms with Crippen LogP contribution in [-0.2, 0) is 27.9 Å². The molecular formula is C45H84NO7P. The van der Waals surface area contributed by atoms with Gasteiger partial charge in [0.25, 0.3) is 7.82 Å². The van der Waals surface area contributed by atoms with Crippen molar-refractivity contribution in [2.45, 2.75) is 180 Å². The molecule has 0 spiro atoms. The third-order valence-electron chi connectivity index (χ3n) is 9.11. The Bertz CT molecular complexity index is 1000. The third-order valence-corrected chi connectivity index (χ3v) is 10.1. The average Bonchev–Trinajstić information content (AvgIpc) is 3.12. The lowest BCUT2D eigenvalue weighted by Crippen LogP contribution is -2.37. The van der Waals surface area contributed by atoms with Crippen molar-refractivity contribution in [1.29, 1.82) is 0 Å². The Morgan fingerprint density at radius 3 is 1.63 bits per heavy atom. The molecule has 0 saturated heterocycles. The van der Waals surface area contributed by atoms with Gasteiger partial charge in [-0.3, -0.25) is 9.36 Å². The molecular weight excluding hydrogens is 697 g/mol. The van der Waals surface area contributed by atoms with E-state index in [1.165, 1.54) is 83.5 Å². The molecule has 0 amide bonds. The van der Waals surface area contributed by atoms with Crippen LogP contribution in [0.4, 0.5) is 0 Å². The average molecular weight is 782 g/mol. The van der Waals surface area contributed by atoms with Gasteiger partial charge in [-0.2, -0.15) is 0 Å². The van der Waals surface area contributed by atoms with E-state index in [0.29, 0.717) is 24.1 Å².